The van der Waals surface area contributed by atoms with Gasteiger partial charge in [-0.05, 0) is 43.5 Å². The fourth-order valence-electron chi connectivity index (χ4n) is 2.57. The molecule has 6 heteroatoms. The van der Waals surface area contributed by atoms with E-state index in [1.54, 1.807) is 19.2 Å². The van der Waals surface area contributed by atoms with Gasteiger partial charge in [0, 0.05) is 11.1 Å². The highest BCUT2D eigenvalue weighted by molar-refractivity contribution is 7.91. The molecule has 0 amide bonds. The van der Waals surface area contributed by atoms with Gasteiger partial charge in [-0.25, -0.2) is 12.8 Å². The minimum atomic E-state index is -2.91. The second kappa shape index (κ2) is 5.77. The van der Waals surface area contributed by atoms with Crippen LogP contribution in [0.25, 0.3) is 0 Å². The van der Waals surface area contributed by atoms with E-state index in [2.05, 4.69) is 5.32 Å². The summed E-state index contributed by atoms with van der Waals surface area (Å²) in [4.78, 5) is 0. The fourth-order valence-corrected chi connectivity index (χ4v) is 4.61. The van der Waals surface area contributed by atoms with Crippen LogP contribution in [0.15, 0.2) is 18.2 Å². The van der Waals surface area contributed by atoms with Crippen molar-refractivity contribution in [2.75, 3.05) is 18.6 Å². The molecule has 0 bridgehead atoms. The Morgan fingerprint density at radius 2 is 2.26 bits per heavy atom. The van der Waals surface area contributed by atoms with E-state index in [1.807, 2.05) is 0 Å². The van der Waals surface area contributed by atoms with E-state index >= 15 is 0 Å². The molecule has 3 nitrogen and oxygen atoms in total. The van der Waals surface area contributed by atoms with E-state index in [0.717, 1.165) is 0 Å². The summed E-state index contributed by atoms with van der Waals surface area (Å²) in [5.74, 6) is 0.130. The molecule has 0 radical (unpaired) electrons. The minimum absolute atomic E-state index is 0.0343. The maximum absolute atomic E-state index is 13.8. The van der Waals surface area contributed by atoms with Crippen molar-refractivity contribution < 1.29 is 12.8 Å². The van der Waals surface area contributed by atoms with Gasteiger partial charge < -0.3 is 5.32 Å². The summed E-state index contributed by atoms with van der Waals surface area (Å²) in [7, 11) is -1.13. The number of benzene rings is 1. The molecule has 106 valence electrons. The van der Waals surface area contributed by atoms with Crippen molar-refractivity contribution in [2.24, 2.45) is 5.92 Å². The highest BCUT2D eigenvalue weighted by Crippen LogP contribution is 2.25. The Balaban J connectivity index is 2.11. The Bertz CT molecular complexity index is 562. The number of hydrogen-bond donors (Lipinski definition) is 1. The number of sulfone groups is 1. The van der Waals surface area contributed by atoms with Gasteiger partial charge in [-0.3, -0.25) is 0 Å². The summed E-state index contributed by atoms with van der Waals surface area (Å²) in [6.45, 7) is 0. The van der Waals surface area contributed by atoms with Crippen molar-refractivity contribution in [3.63, 3.8) is 0 Å². The zero-order valence-corrected chi connectivity index (χ0v) is 12.3. The van der Waals surface area contributed by atoms with Crippen LogP contribution >= 0.6 is 11.6 Å². The normalized spacial score (nSPS) is 23.4. The maximum Gasteiger partial charge on any atom is 0.150 e. The molecule has 2 atom stereocenters. The quantitative estimate of drug-likeness (QED) is 0.926. The zero-order valence-electron chi connectivity index (χ0n) is 10.7. The number of halogens is 2. The van der Waals surface area contributed by atoms with Gasteiger partial charge in [0.2, 0.25) is 0 Å². The molecule has 1 saturated heterocycles. The molecule has 1 fully saturated rings. The van der Waals surface area contributed by atoms with Gasteiger partial charge in [-0.15, -0.1) is 0 Å². The number of hydrogen-bond acceptors (Lipinski definition) is 3. The first-order valence-corrected chi connectivity index (χ1v) is 8.43. The number of likely N-dealkylation sites (N-methyl/N-ethyl adjacent to an activating group) is 1. The van der Waals surface area contributed by atoms with Crippen LogP contribution < -0.4 is 5.32 Å². The van der Waals surface area contributed by atoms with Gasteiger partial charge in [0.05, 0.1) is 11.5 Å². The molecular weight excluding hydrogens is 289 g/mol. The lowest BCUT2D eigenvalue weighted by atomic mass is 9.93. The Hall–Kier alpha value is -0.650. The van der Waals surface area contributed by atoms with Crippen LogP contribution in [-0.2, 0) is 16.3 Å². The first kappa shape index (κ1) is 14.8. The highest BCUT2D eigenvalue weighted by atomic mass is 35.5. The zero-order chi connectivity index (χ0) is 14.0. The monoisotopic (exact) mass is 305 g/mol. The van der Waals surface area contributed by atoms with Gasteiger partial charge in [0.25, 0.3) is 0 Å². The van der Waals surface area contributed by atoms with Crippen molar-refractivity contribution in [2.45, 2.75) is 18.9 Å². The van der Waals surface area contributed by atoms with Crippen molar-refractivity contribution in [3.05, 3.63) is 34.6 Å². The number of rotatable bonds is 4. The van der Waals surface area contributed by atoms with E-state index < -0.39 is 9.84 Å². The second-order valence-corrected chi connectivity index (χ2v) is 7.66. The first-order valence-electron chi connectivity index (χ1n) is 6.23. The molecule has 0 aromatic heterocycles. The second-order valence-electron chi connectivity index (χ2n) is 5.00. The van der Waals surface area contributed by atoms with Crippen LogP contribution in [-0.4, -0.2) is 33.0 Å². The average molecular weight is 306 g/mol. The molecular formula is C13H17ClFNO2S. The van der Waals surface area contributed by atoms with Gasteiger partial charge in [0.15, 0.2) is 9.84 Å². The molecule has 1 aromatic carbocycles. The molecule has 0 spiro atoms. The molecule has 1 N–H and O–H groups in total. The van der Waals surface area contributed by atoms with Crippen molar-refractivity contribution in [1.82, 2.24) is 5.32 Å². The smallest absolute Gasteiger partial charge is 0.150 e. The molecule has 0 aliphatic carbocycles. The molecule has 19 heavy (non-hydrogen) atoms. The van der Waals surface area contributed by atoms with E-state index in [9.17, 15) is 12.8 Å². The van der Waals surface area contributed by atoms with Crippen molar-refractivity contribution >= 4 is 21.4 Å². The van der Waals surface area contributed by atoms with Gasteiger partial charge in [0.1, 0.15) is 5.82 Å². The third kappa shape index (κ3) is 3.68. The average Bonchev–Trinajstić information content (AvgIpc) is 2.69. The lowest BCUT2D eigenvalue weighted by molar-refractivity contribution is 0.398. The summed E-state index contributed by atoms with van der Waals surface area (Å²) in [6, 6.07) is 4.56. The predicted molar refractivity (Wildman–Crippen MR) is 74.7 cm³/mol. The summed E-state index contributed by atoms with van der Waals surface area (Å²) < 4.78 is 36.8. The molecule has 1 aliphatic heterocycles. The lowest BCUT2D eigenvalue weighted by Crippen LogP contribution is -2.36. The largest absolute Gasteiger partial charge is 0.316 e. The lowest BCUT2D eigenvalue weighted by Gasteiger charge is -2.22. The molecule has 1 aromatic rings. The Labute approximate surface area is 118 Å². The van der Waals surface area contributed by atoms with Crippen molar-refractivity contribution in [1.29, 1.82) is 0 Å². The SMILES string of the molecule is CNC(Cc1ccc(Cl)cc1F)C1CCS(=O)(=O)C1. The van der Waals surface area contributed by atoms with E-state index in [1.165, 1.54) is 6.07 Å². The minimum Gasteiger partial charge on any atom is -0.316 e. The Morgan fingerprint density at radius 1 is 1.53 bits per heavy atom. The van der Waals surface area contributed by atoms with Crippen LogP contribution in [0, 0.1) is 11.7 Å². The highest BCUT2D eigenvalue weighted by Gasteiger charge is 2.33. The molecule has 1 aliphatic rings. The molecule has 0 saturated carbocycles. The van der Waals surface area contributed by atoms with E-state index in [0.29, 0.717) is 23.4 Å². The Kier molecular flexibility index (Phi) is 4.48. The van der Waals surface area contributed by atoms with Gasteiger partial charge in [-0.2, -0.15) is 0 Å². The van der Waals surface area contributed by atoms with Crippen molar-refractivity contribution in [3.8, 4) is 0 Å². The summed E-state index contributed by atoms with van der Waals surface area (Å²) in [6.07, 6.45) is 1.11. The first-order chi connectivity index (χ1) is 8.91. The summed E-state index contributed by atoms with van der Waals surface area (Å²) >= 11 is 5.72. The summed E-state index contributed by atoms with van der Waals surface area (Å²) in [5.41, 5.74) is 0.563. The fraction of sp³-hybridized carbons (Fsp3) is 0.538. The molecule has 2 rings (SSSR count). The standard InChI is InChI=1S/C13H17ClFNO2S/c1-16-13(10-4-5-19(17,18)8-10)6-9-2-3-11(14)7-12(9)15/h2-3,7,10,13,16H,4-6,8H2,1H3. The molecule has 2 unspecified atom stereocenters. The van der Waals surface area contributed by atoms with E-state index in [4.69, 9.17) is 11.6 Å². The van der Waals surface area contributed by atoms with Crippen LogP contribution in [0.3, 0.4) is 0 Å². The number of nitrogens with one attached hydrogen (secondary N) is 1. The summed E-state index contributed by atoms with van der Waals surface area (Å²) in [5, 5.41) is 3.47. The van der Waals surface area contributed by atoms with Crippen LogP contribution in [0.4, 0.5) is 4.39 Å². The van der Waals surface area contributed by atoms with Gasteiger partial charge in [-0.1, -0.05) is 17.7 Å². The Morgan fingerprint density at radius 3 is 2.79 bits per heavy atom. The molecule has 1 heterocycles. The third-order valence-corrected chi connectivity index (χ3v) is 5.69. The third-order valence-electron chi connectivity index (χ3n) is 3.66. The van der Waals surface area contributed by atoms with Gasteiger partial charge >= 0.3 is 0 Å². The van der Waals surface area contributed by atoms with E-state index in [-0.39, 0.29) is 29.3 Å². The van der Waals surface area contributed by atoms with Crippen LogP contribution in [0.1, 0.15) is 12.0 Å². The topological polar surface area (TPSA) is 46.2 Å². The maximum atomic E-state index is 13.8. The predicted octanol–water partition coefficient (Wildman–Crippen LogP) is 2.04. The van der Waals surface area contributed by atoms with Crippen LogP contribution in [0.2, 0.25) is 5.02 Å². The van der Waals surface area contributed by atoms with Crippen LogP contribution in [0.5, 0.6) is 0 Å².